The molecule has 198 valence electrons. The number of rotatable bonds is 4. The second-order valence-electron chi connectivity index (χ2n) is 9.70. The Kier molecular flexibility index (Phi) is 7.57. The van der Waals surface area contributed by atoms with Gasteiger partial charge in [-0.15, -0.1) is 11.3 Å². The van der Waals surface area contributed by atoms with Crippen molar-refractivity contribution < 1.29 is 27.8 Å². The van der Waals surface area contributed by atoms with Crippen molar-refractivity contribution >= 4 is 40.8 Å². The number of aliphatic imine (C=N–C) groups is 1. The zero-order valence-electron chi connectivity index (χ0n) is 20.8. The lowest BCUT2D eigenvalue weighted by Gasteiger charge is -2.40. The van der Waals surface area contributed by atoms with E-state index in [2.05, 4.69) is 15.3 Å². The molecule has 2 aliphatic heterocycles. The Labute approximate surface area is 222 Å². The summed E-state index contributed by atoms with van der Waals surface area (Å²) in [6, 6.07) is 3.00. The molecule has 1 aromatic heterocycles. The number of benzene rings is 1. The second kappa shape index (κ2) is 10.4. The third kappa shape index (κ3) is 5.62. The summed E-state index contributed by atoms with van der Waals surface area (Å²) in [7, 11) is 1.17. The molecule has 1 unspecified atom stereocenters. The maximum atomic E-state index is 16.8. The van der Waals surface area contributed by atoms with Crippen LogP contribution in [0.1, 0.15) is 50.2 Å². The zero-order valence-corrected chi connectivity index (χ0v) is 22.4. The van der Waals surface area contributed by atoms with Gasteiger partial charge in [0.25, 0.3) is 0 Å². The van der Waals surface area contributed by atoms with Gasteiger partial charge in [0.05, 0.1) is 23.4 Å². The lowest BCUT2D eigenvalue weighted by molar-refractivity contribution is -0.136. The van der Waals surface area contributed by atoms with E-state index in [1.165, 1.54) is 41.5 Å². The van der Waals surface area contributed by atoms with Crippen molar-refractivity contribution in [3.05, 3.63) is 62.5 Å². The summed E-state index contributed by atoms with van der Waals surface area (Å²) < 4.78 is 41.6. The molecule has 1 saturated heterocycles. The number of methoxy groups -OCH3 is 1. The van der Waals surface area contributed by atoms with Gasteiger partial charge >= 0.3 is 12.1 Å². The van der Waals surface area contributed by atoms with Crippen LogP contribution < -0.4 is 5.32 Å². The number of allylic oxidation sites excluding steroid dienone is 1. The third-order valence-corrected chi connectivity index (χ3v) is 7.19. The number of hydrogen-bond donors (Lipinski definition) is 1. The number of esters is 1. The van der Waals surface area contributed by atoms with E-state index >= 15 is 4.39 Å². The molecular formula is C25H27ClF2N4O4S. The molecule has 1 fully saturated rings. The summed E-state index contributed by atoms with van der Waals surface area (Å²) >= 11 is 7.55. The minimum atomic E-state index is -2.06. The predicted molar refractivity (Wildman–Crippen MR) is 136 cm³/mol. The zero-order chi connectivity index (χ0) is 27.0. The molecule has 0 aliphatic carbocycles. The van der Waals surface area contributed by atoms with Gasteiger partial charge in [-0.05, 0) is 26.8 Å². The number of aromatic nitrogens is 1. The molecule has 1 N–H and O–H groups in total. The van der Waals surface area contributed by atoms with Gasteiger partial charge in [0, 0.05) is 43.1 Å². The molecule has 2 aromatic rings. The first-order chi connectivity index (χ1) is 17.4. The number of amides is 1. The normalized spacial score (nSPS) is 19.7. The molecule has 0 radical (unpaired) electrons. The monoisotopic (exact) mass is 552 g/mol. The lowest BCUT2D eigenvalue weighted by atomic mass is 9.83. The van der Waals surface area contributed by atoms with Gasteiger partial charge in [-0.2, -0.15) is 0 Å². The standard InChI is InChI=1S/C25H27ClF2N4O4S/c1-24(2,3)36-23(34)32-11-8-25(28,9-12-32)19-16(22(33)35-4)18(14-6-5-7-15(27)17(14)26)30-20(31-19)21-29-10-13-37-21/h5-7,10,13,18H,8-9,11-12H2,1-4H3,(H,30,31). The summed E-state index contributed by atoms with van der Waals surface area (Å²) in [5, 5.41) is 4.93. The summed E-state index contributed by atoms with van der Waals surface area (Å²) in [4.78, 5) is 35.9. The number of nitrogens with one attached hydrogen (secondary N) is 1. The van der Waals surface area contributed by atoms with Crippen LogP contribution in [0.2, 0.25) is 5.02 Å². The van der Waals surface area contributed by atoms with E-state index in [1.54, 1.807) is 32.3 Å². The number of alkyl halides is 1. The first-order valence-electron chi connectivity index (χ1n) is 11.6. The average molecular weight is 553 g/mol. The van der Waals surface area contributed by atoms with Crippen molar-refractivity contribution in [1.82, 2.24) is 15.2 Å². The molecule has 8 nitrogen and oxygen atoms in total. The number of carbonyl (C=O) groups excluding carboxylic acids is 2. The van der Waals surface area contributed by atoms with Gasteiger partial charge in [0.2, 0.25) is 0 Å². The molecule has 0 spiro atoms. The topological polar surface area (TPSA) is 93.1 Å². The van der Waals surface area contributed by atoms with Crippen LogP contribution in [0.15, 0.2) is 46.0 Å². The maximum Gasteiger partial charge on any atom is 0.410 e. The summed E-state index contributed by atoms with van der Waals surface area (Å²) in [5.74, 6) is -1.31. The Balaban J connectivity index is 1.77. The van der Waals surface area contributed by atoms with Crippen molar-refractivity contribution in [3.8, 4) is 0 Å². The molecule has 4 rings (SSSR count). The fraction of sp³-hybridized carbons (Fsp3) is 0.440. The summed E-state index contributed by atoms with van der Waals surface area (Å²) in [5.41, 5.74) is -2.75. The van der Waals surface area contributed by atoms with Crippen LogP contribution in [0.4, 0.5) is 13.6 Å². The highest BCUT2D eigenvalue weighted by Gasteiger charge is 2.47. The van der Waals surface area contributed by atoms with E-state index < -0.39 is 35.2 Å². The average Bonchev–Trinajstić information content (AvgIpc) is 3.39. The van der Waals surface area contributed by atoms with Crippen LogP contribution in [-0.2, 0) is 14.3 Å². The fourth-order valence-electron chi connectivity index (χ4n) is 4.25. The van der Waals surface area contributed by atoms with Crippen molar-refractivity contribution in [2.24, 2.45) is 4.99 Å². The Morgan fingerprint density at radius 1 is 1.27 bits per heavy atom. The number of nitrogens with zero attached hydrogens (tertiary/aromatic N) is 3. The van der Waals surface area contributed by atoms with Crippen molar-refractivity contribution in [1.29, 1.82) is 0 Å². The molecule has 37 heavy (non-hydrogen) atoms. The largest absolute Gasteiger partial charge is 0.466 e. The van der Waals surface area contributed by atoms with Crippen LogP contribution in [0.3, 0.4) is 0 Å². The minimum Gasteiger partial charge on any atom is -0.466 e. The van der Waals surface area contributed by atoms with E-state index in [1.807, 2.05) is 0 Å². The second-order valence-corrected chi connectivity index (χ2v) is 11.0. The molecular weight excluding hydrogens is 526 g/mol. The smallest absolute Gasteiger partial charge is 0.410 e. The van der Waals surface area contributed by atoms with E-state index in [4.69, 9.17) is 21.1 Å². The number of carbonyl (C=O) groups is 2. The lowest BCUT2D eigenvalue weighted by Crippen LogP contribution is -2.51. The molecule has 0 saturated carbocycles. The highest BCUT2D eigenvalue weighted by atomic mass is 35.5. The number of ether oxygens (including phenoxy) is 2. The first-order valence-corrected chi connectivity index (χ1v) is 12.9. The molecule has 12 heteroatoms. The van der Waals surface area contributed by atoms with Gasteiger partial charge < -0.3 is 19.7 Å². The van der Waals surface area contributed by atoms with Crippen molar-refractivity contribution in [2.75, 3.05) is 20.2 Å². The summed E-state index contributed by atoms with van der Waals surface area (Å²) in [6.45, 7) is 5.38. The molecule has 2 aliphatic rings. The van der Waals surface area contributed by atoms with Gasteiger partial charge in [-0.1, -0.05) is 23.7 Å². The number of thiazole rings is 1. The highest BCUT2D eigenvalue weighted by molar-refractivity contribution is 7.11. The van der Waals surface area contributed by atoms with E-state index in [0.717, 1.165) is 0 Å². The fourth-order valence-corrected chi connectivity index (χ4v) is 5.07. The van der Waals surface area contributed by atoms with Gasteiger partial charge in [0.1, 0.15) is 17.5 Å². The minimum absolute atomic E-state index is 0.0557. The van der Waals surface area contributed by atoms with Crippen molar-refractivity contribution in [3.63, 3.8) is 0 Å². The molecule has 0 bridgehead atoms. The van der Waals surface area contributed by atoms with Crippen LogP contribution >= 0.6 is 22.9 Å². The van der Waals surface area contributed by atoms with Gasteiger partial charge in [-0.3, -0.25) is 4.99 Å². The van der Waals surface area contributed by atoms with E-state index in [0.29, 0.717) is 5.01 Å². The Bertz CT molecular complexity index is 1250. The SMILES string of the molecule is COC(=O)C1=C(C2(F)CCN(C(=O)OC(C)(C)C)CC2)NC(c2nccs2)=NC1c1cccc(F)c1Cl. The molecule has 1 atom stereocenters. The van der Waals surface area contributed by atoms with Crippen molar-refractivity contribution in [2.45, 2.75) is 50.9 Å². The Hall–Kier alpha value is -3.05. The van der Waals surface area contributed by atoms with Gasteiger partial charge in [-0.25, -0.2) is 23.4 Å². The maximum absolute atomic E-state index is 16.8. The first kappa shape index (κ1) is 27.0. The van der Waals surface area contributed by atoms with Crippen LogP contribution in [0, 0.1) is 5.82 Å². The van der Waals surface area contributed by atoms with E-state index in [9.17, 15) is 14.0 Å². The van der Waals surface area contributed by atoms with Crippen LogP contribution in [0.5, 0.6) is 0 Å². The van der Waals surface area contributed by atoms with Crippen LogP contribution in [0.25, 0.3) is 0 Å². The Morgan fingerprint density at radius 2 is 1.97 bits per heavy atom. The number of piperidine rings is 1. The number of amidine groups is 1. The van der Waals surface area contributed by atoms with Crippen LogP contribution in [-0.4, -0.2) is 59.3 Å². The third-order valence-electron chi connectivity index (χ3n) is 6.02. The number of halogens is 3. The molecule has 1 amide bonds. The highest BCUT2D eigenvalue weighted by Crippen LogP contribution is 2.43. The quantitative estimate of drug-likeness (QED) is 0.525. The van der Waals surface area contributed by atoms with Gasteiger partial charge in [0.15, 0.2) is 16.5 Å². The van der Waals surface area contributed by atoms with E-state index in [-0.39, 0.29) is 53.6 Å². The predicted octanol–water partition coefficient (Wildman–Crippen LogP) is 5.19. The number of likely N-dealkylation sites (tertiary alicyclic amines) is 1. The Morgan fingerprint density at radius 3 is 2.57 bits per heavy atom. The summed E-state index contributed by atoms with van der Waals surface area (Å²) in [6.07, 6.45) is 0.786. The molecule has 3 heterocycles. The number of hydrogen-bond acceptors (Lipinski definition) is 8. The molecule has 1 aromatic carbocycles.